The molecule has 0 rings (SSSR count). The molecule has 0 amide bonds. The van der Waals surface area contributed by atoms with E-state index in [-0.39, 0.29) is 0 Å². The van der Waals surface area contributed by atoms with E-state index >= 15 is 0 Å². The predicted molar refractivity (Wildman–Crippen MR) is 285 cm³/mol. The van der Waals surface area contributed by atoms with Crippen LogP contribution in [-0.2, 0) is 0 Å². The van der Waals surface area contributed by atoms with Crippen LogP contribution in [0.5, 0.6) is 0 Å². The lowest BCUT2D eigenvalue weighted by atomic mass is 10.0. The molecular formula is C59H122P+. The van der Waals surface area contributed by atoms with E-state index in [0.717, 1.165) is 0 Å². The molecule has 0 aliphatic carbocycles. The topological polar surface area (TPSA) is 0 Å². The third kappa shape index (κ3) is 47.9. The Bertz CT molecular complexity index is 650. The maximum absolute atomic E-state index is 2.35. The van der Waals surface area contributed by atoms with Gasteiger partial charge in [-0.1, -0.05) is 304 Å². The van der Waals surface area contributed by atoms with Crippen molar-refractivity contribution in [1.82, 2.24) is 0 Å². The second-order valence-electron chi connectivity index (χ2n) is 20.9. The Hall–Kier alpha value is 0.430. The Balaban J connectivity index is 4.85. The quantitative estimate of drug-likeness (QED) is 0.0422. The molecule has 0 saturated heterocycles. The highest BCUT2D eigenvalue weighted by atomic mass is 31.2. The Morgan fingerprint density at radius 3 is 0.350 bits per heavy atom. The van der Waals surface area contributed by atoms with Crippen LogP contribution in [0, 0.1) is 0 Å². The fourth-order valence-electron chi connectivity index (χ4n) is 10.4. The average Bonchev–Trinajstić information content (AvgIpc) is 3.26. The van der Waals surface area contributed by atoms with Gasteiger partial charge in [-0.15, -0.1) is 0 Å². The molecule has 0 unspecified atom stereocenters. The van der Waals surface area contributed by atoms with Crippen LogP contribution in [0.2, 0.25) is 0 Å². The summed E-state index contributed by atoms with van der Waals surface area (Å²) < 4.78 is 0. The van der Waals surface area contributed by atoms with Crippen molar-refractivity contribution < 1.29 is 0 Å². The van der Waals surface area contributed by atoms with Crippen LogP contribution < -0.4 is 0 Å². The van der Waals surface area contributed by atoms with Crippen LogP contribution in [0.4, 0.5) is 0 Å². The molecule has 60 heavy (non-hydrogen) atoms. The van der Waals surface area contributed by atoms with Gasteiger partial charge in [0.1, 0.15) is 0 Å². The lowest BCUT2D eigenvalue weighted by Gasteiger charge is -2.28. The normalized spacial score (nSPS) is 12.0. The predicted octanol–water partition coefficient (Wildman–Crippen LogP) is 23.0. The summed E-state index contributed by atoms with van der Waals surface area (Å²) in [5.74, 6) is 0. The van der Waals surface area contributed by atoms with Crippen molar-refractivity contribution >= 4 is 7.26 Å². The summed E-state index contributed by atoms with van der Waals surface area (Å²) in [4.78, 5) is 0. The molecule has 0 N–H and O–H groups in total. The Labute approximate surface area is 385 Å². The lowest BCUT2D eigenvalue weighted by Crippen LogP contribution is -2.13. The molecule has 0 atom stereocenters. The number of unbranched alkanes of at least 4 members (excludes halogenated alkanes) is 47. The van der Waals surface area contributed by atoms with E-state index in [1.54, 1.807) is 50.3 Å². The summed E-state index contributed by atoms with van der Waals surface area (Å²) in [7, 11) is -0.820. The summed E-state index contributed by atoms with van der Waals surface area (Å²) in [6, 6.07) is 0. The Morgan fingerprint density at radius 1 is 0.133 bits per heavy atom. The van der Waals surface area contributed by atoms with Crippen molar-refractivity contribution in [3.8, 4) is 0 Å². The minimum atomic E-state index is -0.820. The van der Waals surface area contributed by atoms with Gasteiger partial charge in [-0.25, -0.2) is 0 Å². The summed E-state index contributed by atoms with van der Waals surface area (Å²) in [6.45, 7) is 9.35. The highest BCUT2D eigenvalue weighted by Crippen LogP contribution is 2.61. The fourth-order valence-corrected chi connectivity index (χ4v) is 15.3. The van der Waals surface area contributed by atoms with Crippen LogP contribution in [0.3, 0.4) is 0 Å². The van der Waals surface area contributed by atoms with Gasteiger partial charge in [0.2, 0.25) is 0 Å². The molecular weight excluding hydrogens is 740 g/mol. The van der Waals surface area contributed by atoms with Crippen LogP contribution in [0.1, 0.15) is 355 Å². The average molecular weight is 863 g/mol. The van der Waals surface area contributed by atoms with Crippen molar-refractivity contribution in [2.45, 2.75) is 355 Å². The van der Waals surface area contributed by atoms with Crippen LogP contribution >= 0.6 is 7.26 Å². The lowest BCUT2D eigenvalue weighted by molar-refractivity contribution is 0.536. The van der Waals surface area contributed by atoms with Gasteiger partial charge in [-0.2, -0.15) is 0 Å². The Morgan fingerprint density at radius 2 is 0.233 bits per heavy atom. The first-order valence-corrected chi connectivity index (χ1v) is 32.1. The molecule has 0 aromatic carbocycles. The SMILES string of the molecule is CCCCCCCCCCCCCCCC[P+](CCCCCCCCCCC)(CCCCCCCCCCCCCCCC)CCCCCCCCCCCCCCCC. The first-order valence-electron chi connectivity index (χ1n) is 29.6. The zero-order chi connectivity index (χ0) is 43.4. The van der Waals surface area contributed by atoms with Crippen molar-refractivity contribution in [2.24, 2.45) is 0 Å². The summed E-state index contributed by atoms with van der Waals surface area (Å²) in [6.07, 6.45) is 82.8. The van der Waals surface area contributed by atoms with Gasteiger partial charge in [0.05, 0.1) is 24.6 Å². The van der Waals surface area contributed by atoms with Crippen molar-refractivity contribution in [3.05, 3.63) is 0 Å². The molecule has 0 aromatic rings. The third-order valence-electron chi connectivity index (χ3n) is 14.7. The molecule has 362 valence electrons. The highest BCUT2D eigenvalue weighted by Gasteiger charge is 2.35. The van der Waals surface area contributed by atoms with Gasteiger partial charge in [0.15, 0.2) is 0 Å². The minimum absolute atomic E-state index is 0.820. The summed E-state index contributed by atoms with van der Waals surface area (Å²) in [5.41, 5.74) is 0. The Kier molecular flexibility index (Phi) is 54.2. The number of rotatable bonds is 55. The zero-order valence-electron chi connectivity index (χ0n) is 43.3. The van der Waals surface area contributed by atoms with E-state index in [2.05, 4.69) is 27.7 Å². The van der Waals surface area contributed by atoms with Gasteiger partial charge in [0.25, 0.3) is 0 Å². The summed E-state index contributed by atoms with van der Waals surface area (Å²) in [5, 5.41) is 0. The molecule has 0 fully saturated rings. The van der Waals surface area contributed by atoms with Gasteiger partial charge in [-0.05, 0) is 51.4 Å². The number of hydrogen-bond donors (Lipinski definition) is 0. The van der Waals surface area contributed by atoms with E-state index in [4.69, 9.17) is 0 Å². The molecule has 0 aliphatic heterocycles. The standard InChI is InChI=1S/C59H122P/c1-5-9-13-17-21-25-28-31-34-37-41-45-49-53-57-60(56-52-48-44-40-24-20-16-12-8-4,58-54-50-46-42-38-35-32-29-26-22-18-14-10-6-2)59-55-51-47-43-39-36-33-30-27-23-19-15-11-7-3/h5-59H2,1-4H3/q+1. The van der Waals surface area contributed by atoms with E-state index in [1.165, 1.54) is 302 Å². The largest absolute Gasteiger partial charge is 0.0654 e. The van der Waals surface area contributed by atoms with Gasteiger partial charge < -0.3 is 0 Å². The van der Waals surface area contributed by atoms with Gasteiger partial charge in [0, 0.05) is 7.26 Å². The first kappa shape index (κ1) is 60.4. The van der Waals surface area contributed by atoms with E-state index < -0.39 is 7.26 Å². The maximum atomic E-state index is 2.35. The molecule has 0 nitrogen and oxygen atoms in total. The maximum Gasteiger partial charge on any atom is 0.0594 e. The molecule has 0 spiro atoms. The zero-order valence-corrected chi connectivity index (χ0v) is 44.2. The van der Waals surface area contributed by atoms with Crippen LogP contribution in [0.25, 0.3) is 0 Å². The highest BCUT2D eigenvalue weighted by molar-refractivity contribution is 7.75. The second-order valence-corrected chi connectivity index (χ2v) is 25.3. The third-order valence-corrected chi connectivity index (χ3v) is 19.8. The van der Waals surface area contributed by atoms with E-state index in [1.807, 2.05) is 0 Å². The summed E-state index contributed by atoms with van der Waals surface area (Å²) >= 11 is 0. The van der Waals surface area contributed by atoms with Crippen LogP contribution in [0.15, 0.2) is 0 Å². The van der Waals surface area contributed by atoms with Crippen LogP contribution in [-0.4, -0.2) is 24.6 Å². The van der Waals surface area contributed by atoms with Crippen molar-refractivity contribution in [1.29, 1.82) is 0 Å². The molecule has 0 aliphatic rings. The van der Waals surface area contributed by atoms with Crippen molar-refractivity contribution in [3.63, 3.8) is 0 Å². The first-order chi connectivity index (χ1) is 29.7. The van der Waals surface area contributed by atoms with E-state index in [9.17, 15) is 0 Å². The van der Waals surface area contributed by atoms with Gasteiger partial charge >= 0.3 is 0 Å². The smallest absolute Gasteiger partial charge is 0.0594 e. The molecule has 0 aromatic heterocycles. The molecule has 0 heterocycles. The van der Waals surface area contributed by atoms with Gasteiger partial charge in [-0.3, -0.25) is 0 Å². The molecule has 0 radical (unpaired) electrons. The molecule has 0 saturated carbocycles. The second kappa shape index (κ2) is 53.8. The molecule has 1 heteroatoms. The molecule has 0 bridgehead atoms. The van der Waals surface area contributed by atoms with Crippen molar-refractivity contribution in [2.75, 3.05) is 24.6 Å². The number of hydrogen-bond acceptors (Lipinski definition) is 0. The fraction of sp³-hybridized carbons (Fsp3) is 1.00. The monoisotopic (exact) mass is 862 g/mol. The minimum Gasteiger partial charge on any atom is -0.0654 e. The van der Waals surface area contributed by atoms with E-state index in [0.29, 0.717) is 0 Å².